The Kier molecular flexibility index (Phi) is 1.69. The van der Waals surface area contributed by atoms with Crippen molar-refractivity contribution in [3.8, 4) is 0 Å². The second-order valence-corrected chi connectivity index (χ2v) is 4.01. The molecule has 2 rings (SSSR count). The molecule has 2 aliphatic rings. The molecule has 1 aliphatic heterocycles. The molecule has 0 unspecified atom stereocenters. The zero-order chi connectivity index (χ0) is 8.01. The zero-order valence-electron chi connectivity index (χ0n) is 6.59. The van der Waals surface area contributed by atoms with Crippen molar-refractivity contribution >= 4 is 16.8 Å². The molecule has 3 heteroatoms. The quantitative estimate of drug-likeness (QED) is 0.556. The van der Waals surface area contributed by atoms with Crippen molar-refractivity contribution in [1.29, 1.82) is 0 Å². The summed E-state index contributed by atoms with van der Waals surface area (Å²) in [5.74, 6) is 0.551. The van der Waals surface area contributed by atoms with Gasteiger partial charge in [0.25, 0.3) is 0 Å². The molecule has 1 heterocycles. The number of rotatable bonds is 1. The van der Waals surface area contributed by atoms with E-state index in [2.05, 4.69) is 4.90 Å². The van der Waals surface area contributed by atoms with Crippen LogP contribution < -0.4 is 0 Å². The normalized spacial score (nSPS) is 43.3. The zero-order valence-corrected chi connectivity index (χ0v) is 7.34. The van der Waals surface area contributed by atoms with Crippen LogP contribution in [0.2, 0.25) is 0 Å². The molecule has 0 aromatic heterocycles. The van der Waals surface area contributed by atoms with Crippen molar-refractivity contribution in [3.05, 3.63) is 0 Å². The van der Waals surface area contributed by atoms with E-state index in [4.69, 9.17) is 11.6 Å². The second-order valence-electron chi connectivity index (χ2n) is 3.64. The van der Waals surface area contributed by atoms with E-state index in [0.717, 1.165) is 0 Å². The largest absolute Gasteiger partial charge is 0.292 e. The second kappa shape index (κ2) is 2.46. The van der Waals surface area contributed by atoms with E-state index >= 15 is 0 Å². The van der Waals surface area contributed by atoms with Crippen LogP contribution >= 0.6 is 11.6 Å². The van der Waals surface area contributed by atoms with Crippen molar-refractivity contribution in [1.82, 2.24) is 4.90 Å². The van der Waals surface area contributed by atoms with E-state index in [-0.39, 0.29) is 11.3 Å². The van der Waals surface area contributed by atoms with Gasteiger partial charge in [-0.3, -0.25) is 9.69 Å². The maximum Gasteiger partial charge on any atom is 0.239 e. The number of nitrogens with zero attached hydrogens (tertiary/aromatic N) is 1. The van der Waals surface area contributed by atoms with Crippen LogP contribution in [0, 0.1) is 5.92 Å². The standard InChI is InChI=1S/C8H12ClNO/c1-10-6-3-2-5(4-6)7(10)8(9)11/h5-7H,2-4H2,1H3/t5-,6+,7-/m0/s1. The molecule has 0 aromatic carbocycles. The predicted octanol–water partition coefficient (Wildman–Crippen LogP) is 1.23. The number of piperidine rings is 1. The minimum atomic E-state index is -0.167. The molecule has 0 aromatic rings. The average Bonchev–Trinajstić information content (AvgIpc) is 2.44. The molecule has 3 atom stereocenters. The van der Waals surface area contributed by atoms with Crippen LogP contribution in [0.25, 0.3) is 0 Å². The number of hydrogen-bond acceptors (Lipinski definition) is 2. The highest BCUT2D eigenvalue weighted by atomic mass is 35.5. The summed E-state index contributed by atoms with van der Waals surface area (Å²) in [6, 6.07) is 0.656. The van der Waals surface area contributed by atoms with Gasteiger partial charge < -0.3 is 0 Å². The number of carbonyl (C=O) groups is 1. The van der Waals surface area contributed by atoms with Gasteiger partial charge in [-0.15, -0.1) is 0 Å². The van der Waals surface area contributed by atoms with Crippen molar-refractivity contribution in [2.45, 2.75) is 31.3 Å². The van der Waals surface area contributed by atoms with Gasteiger partial charge in [0.05, 0.1) is 6.04 Å². The highest BCUT2D eigenvalue weighted by Crippen LogP contribution is 2.41. The summed E-state index contributed by atoms with van der Waals surface area (Å²) in [7, 11) is 2.01. The lowest BCUT2D eigenvalue weighted by Crippen LogP contribution is -2.41. The van der Waals surface area contributed by atoms with E-state index in [1.807, 2.05) is 7.05 Å². The van der Waals surface area contributed by atoms with Gasteiger partial charge in [0.1, 0.15) is 0 Å². The van der Waals surface area contributed by atoms with Crippen molar-refractivity contribution < 1.29 is 4.79 Å². The lowest BCUT2D eigenvalue weighted by molar-refractivity contribution is -0.117. The van der Waals surface area contributed by atoms with Crippen LogP contribution in [0.1, 0.15) is 19.3 Å². The Balaban J connectivity index is 2.17. The Hall–Kier alpha value is -0.0800. The third-order valence-corrected chi connectivity index (χ3v) is 3.36. The molecular formula is C8H12ClNO. The van der Waals surface area contributed by atoms with Gasteiger partial charge in [0.2, 0.25) is 5.24 Å². The minimum absolute atomic E-state index is 0.0235. The molecule has 2 bridgehead atoms. The van der Waals surface area contributed by atoms with Crippen LogP contribution in [0.15, 0.2) is 0 Å². The lowest BCUT2D eigenvalue weighted by atomic mass is 10.0. The fraction of sp³-hybridized carbons (Fsp3) is 0.875. The summed E-state index contributed by atoms with van der Waals surface area (Å²) in [5.41, 5.74) is 0. The van der Waals surface area contributed by atoms with Crippen LogP contribution in [0.5, 0.6) is 0 Å². The highest BCUT2D eigenvalue weighted by Gasteiger charge is 2.46. The Morgan fingerprint density at radius 3 is 2.64 bits per heavy atom. The first-order chi connectivity index (χ1) is 5.20. The number of halogens is 1. The summed E-state index contributed by atoms with van der Waals surface area (Å²) >= 11 is 5.49. The molecule has 11 heavy (non-hydrogen) atoms. The SMILES string of the molecule is CN1[C@@H]2CC[C@@H](C2)[C@H]1C(=O)Cl. The first kappa shape index (κ1) is 7.56. The Bertz CT molecular complexity index is 193. The van der Waals surface area contributed by atoms with Crippen LogP contribution in [0.3, 0.4) is 0 Å². The number of fused-ring (bicyclic) bond motifs is 2. The van der Waals surface area contributed by atoms with Crippen molar-refractivity contribution in [2.75, 3.05) is 7.05 Å². The Morgan fingerprint density at radius 1 is 1.55 bits per heavy atom. The van der Waals surface area contributed by atoms with Crippen molar-refractivity contribution in [3.63, 3.8) is 0 Å². The molecule has 1 aliphatic carbocycles. The first-order valence-electron chi connectivity index (χ1n) is 4.11. The molecule has 1 saturated heterocycles. The maximum atomic E-state index is 11.0. The third kappa shape index (κ3) is 1.00. The summed E-state index contributed by atoms with van der Waals surface area (Å²) < 4.78 is 0. The monoisotopic (exact) mass is 173 g/mol. The molecular weight excluding hydrogens is 162 g/mol. The topological polar surface area (TPSA) is 20.3 Å². The van der Waals surface area contributed by atoms with Gasteiger partial charge in [0, 0.05) is 6.04 Å². The van der Waals surface area contributed by atoms with Gasteiger partial charge in [0.15, 0.2) is 0 Å². The van der Waals surface area contributed by atoms with Crippen LogP contribution in [0.4, 0.5) is 0 Å². The van der Waals surface area contributed by atoms with E-state index in [1.54, 1.807) is 0 Å². The lowest BCUT2D eigenvalue weighted by Gasteiger charge is -2.28. The van der Waals surface area contributed by atoms with Gasteiger partial charge in [-0.25, -0.2) is 0 Å². The smallest absolute Gasteiger partial charge is 0.239 e. The van der Waals surface area contributed by atoms with E-state index in [9.17, 15) is 4.79 Å². The number of likely N-dealkylation sites (tertiary alicyclic amines) is 1. The summed E-state index contributed by atoms with van der Waals surface area (Å²) in [4.78, 5) is 13.1. The molecule has 62 valence electrons. The maximum absolute atomic E-state index is 11.0. The van der Waals surface area contributed by atoms with E-state index in [1.165, 1.54) is 19.3 Å². The van der Waals surface area contributed by atoms with Gasteiger partial charge >= 0.3 is 0 Å². The molecule has 0 spiro atoms. The van der Waals surface area contributed by atoms with Gasteiger partial charge in [-0.2, -0.15) is 0 Å². The summed E-state index contributed by atoms with van der Waals surface area (Å²) in [6.45, 7) is 0. The van der Waals surface area contributed by atoms with Gasteiger partial charge in [-0.1, -0.05) is 0 Å². The molecule has 0 N–H and O–H groups in total. The van der Waals surface area contributed by atoms with E-state index in [0.29, 0.717) is 12.0 Å². The Morgan fingerprint density at radius 2 is 2.27 bits per heavy atom. The fourth-order valence-corrected chi connectivity index (χ4v) is 2.89. The number of carbonyl (C=O) groups excluding carboxylic acids is 1. The van der Waals surface area contributed by atoms with E-state index < -0.39 is 0 Å². The van der Waals surface area contributed by atoms with Gasteiger partial charge in [-0.05, 0) is 43.8 Å². The average molecular weight is 174 g/mol. The molecule has 2 nitrogen and oxygen atoms in total. The van der Waals surface area contributed by atoms with Crippen LogP contribution in [-0.2, 0) is 4.79 Å². The molecule has 0 radical (unpaired) electrons. The molecule has 2 fully saturated rings. The number of hydrogen-bond donors (Lipinski definition) is 0. The fourth-order valence-electron chi connectivity index (χ4n) is 2.55. The summed E-state index contributed by atoms with van der Waals surface area (Å²) in [6.07, 6.45) is 3.62. The highest BCUT2D eigenvalue weighted by molar-refractivity contribution is 6.64. The Labute approximate surface area is 71.5 Å². The minimum Gasteiger partial charge on any atom is -0.292 e. The third-order valence-electron chi connectivity index (χ3n) is 3.14. The molecule has 0 amide bonds. The summed E-state index contributed by atoms with van der Waals surface area (Å²) in [5, 5.41) is -0.167. The van der Waals surface area contributed by atoms with Crippen LogP contribution in [-0.4, -0.2) is 29.3 Å². The number of likely N-dealkylation sites (N-methyl/N-ethyl adjacent to an activating group) is 1. The van der Waals surface area contributed by atoms with Crippen molar-refractivity contribution in [2.24, 2.45) is 5.92 Å². The molecule has 1 saturated carbocycles. The first-order valence-corrected chi connectivity index (χ1v) is 4.49. The predicted molar refractivity (Wildman–Crippen MR) is 43.5 cm³/mol.